The van der Waals surface area contributed by atoms with E-state index in [1.807, 2.05) is 0 Å². The fourth-order valence-electron chi connectivity index (χ4n) is 2.28. The van der Waals surface area contributed by atoms with Gasteiger partial charge in [-0.15, -0.1) is 0 Å². The van der Waals surface area contributed by atoms with Gasteiger partial charge in [-0.05, 0) is 30.7 Å². The van der Waals surface area contributed by atoms with Crippen LogP contribution in [0.15, 0.2) is 24.3 Å². The lowest BCUT2D eigenvalue weighted by atomic mass is 10.1. The highest BCUT2D eigenvalue weighted by Crippen LogP contribution is 2.19. The van der Waals surface area contributed by atoms with Crippen LogP contribution in [0.4, 0.5) is 10.5 Å². The highest BCUT2D eigenvalue weighted by atomic mass is 16.6. The van der Waals surface area contributed by atoms with Crippen molar-refractivity contribution in [3.05, 3.63) is 29.8 Å². The molecule has 2 amide bonds. The van der Waals surface area contributed by atoms with Gasteiger partial charge in [-0.25, -0.2) is 4.79 Å². The van der Waals surface area contributed by atoms with Crippen molar-refractivity contribution in [3.8, 4) is 0 Å². The molecular weight excluding hydrogens is 268 g/mol. The third-order valence-electron chi connectivity index (χ3n) is 3.52. The molecule has 1 aromatic carbocycles. The van der Waals surface area contributed by atoms with Crippen LogP contribution in [0.5, 0.6) is 0 Å². The minimum atomic E-state index is -0.330. The Balaban J connectivity index is 1.83. The van der Waals surface area contributed by atoms with E-state index in [1.165, 1.54) is 12.8 Å². The molecule has 1 fully saturated rings. The quantitative estimate of drug-likeness (QED) is 0.785. The molecule has 1 heterocycles. The SMILES string of the molecule is CCCCCCNC(=O)c1ccc(N2CCOC2=O)cc1. The van der Waals surface area contributed by atoms with Gasteiger partial charge in [-0.1, -0.05) is 26.2 Å². The number of rotatable bonds is 7. The van der Waals surface area contributed by atoms with Gasteiger partial charge < -0.3 is 10.1 Å². The fourth-order valence-corrected chi connectivity index (χ4v) is 2.28. The molecule has 2 rings (SSSR count). The monoisotopic (exact) mass is 290 g/mol. The normalized spacial score (nSPS) is 14.1. The van der Waals surface area contributed by atoms with E-state index in [-0.39, 0.29) is 12.0 Å². The summed E-state index contributed by atoms with van der Waals surface area (Å²) in [6.45, 7) is 3.84. The predicted octanol–water partition coefficient (Wildman–Crippen LogP) is 2.95. The van der Waals surface area contributed by atoms with Crippen LogP contribution in [0, 0.1) is 0 Å². The molecule has 1 saturated heterocycles. The second-order valence-corrected chi connectivity index (χ2v) is 5.13. The van der Waals surface area contributed by atoms with E-state index in [1.54, 1.807) is 29.2 Å². The standard InChI is InChI=1S/C16H22N2O3/c1-2-3-4-5-10-17-15(19)13-6-8-14(9-7-13)18-11-12-21-16(18)20/h6-9H,2-5,10-12H2,1H3,(H,17,19). The molecule has 1 aromatic rings. The average molecular weight is 290 g/mol. The molecule has 5 heteroatoms. The maximum absolute atomic E-state index is 12.0. The van der Waals surface area contributed by atoms with Crippen molar-refractivity contribution in [1.29, 1.82) is 0 Å². The third-order valence-corrected chi connectivity index (χ3v) is 3.52. The van der Waals surface area contributed by atoms with Crippen molar-refractivity contribution in [2.45, 2.75) is 32.6 Å². The van der Waals surface area contributed by atoms with Crippen molar-refractivity contribution < 1.29 is 14.3 Å². The Hall–Kier alpha value is -2.04. The first-order valence-electron chi connectivity index (χ1n) is 7.55. The number of hydrogen-bond donors (Lipinski definition) is 1. The van der Waals surface area contributed by atoms with Gasteiger partial charge in [-0.2, -0.15) is 0 Å². The summed E-state index contributed by atoms with van der Waals surface area (Å²) in [7, 11) is 0. The lowest BCUT2D eigenvalue weighted by molar-refractivity contribution is 0.0953. The molecule has 0 bridgehead atoms. The summed E-state index contributed by atoms with van der Waals surface area (Å²) in [6, 6.07) is 7.03. The molecule has 1 aliphatic heterocycles. The molecule has 5 nitrogen and oxygen atoms in total. The second kappa shape index (κ2) is 7.67. The number of unbranched alkanes of at least 4 members (excludes halogenated alkanes) is 3. The minimum Gasteiger partial charge on any atom is -0.447 e. The Labute approximate surface area is 125 Å². The van der Waals surface area contributed by atoms with E-state index in [0.29, 0.717) is 25.3 Å². The maximum atomic E-state index is 12.0. The first-order valence-corrected chi connectivity index (χ1v) is 7.55. The highest BCUT2D eigenvalue weighted by Gasteiger charge is 2.23. The number of carbonyl (C=O) groups is 2. The molecular formula is C16H22N2O3. The Bertz CT molecular complexity index is 485. The average Bonchev–Trinajstić information content (AvgIpc) is 2.93. The predicted molar refractivity (Wildman–Crippen MR) is 81.6 cm³/mol. The smallest absolute Gasteiger partial charge is 0.414 e. The van der Waals surface area contributed by atoms with E-state index in [4.69, 9.17) is 4.74 Å². The number of carbonyl (C=O) groups excluding carboxylic acids is 2. The van der Waals surface area contributed by atoms with Crippen molar-refractivity contribution in [2.24, 2.45) is 0 Å². The fraction of sp³-hybridized carbons (Fsp3) is 0.500. The van der Waals surface area contributed by atoms with E-state index < -0.39 is 0 Å². The third kappa shape index (κ3) is 4.21. The molecule has 0 aliphatic carbocycles. The van der Waals surface area contributed by atoms with Gasteiger partial charge >= 0.3 is 6.09 Å². The van der Waals surface area contributed by atoms with Gasteiger partial charge in [0.25, 0.3) is 5.91 Å². The summed E-state index contributed by atoms with van der Waals surface area (Å²) in [5.41, 5.74) is 1.37. The zero-order valence-electron chi connectivity index (χ0n) is 12.4. The summed E-state index contributed by atoms with van der Waals surface area (Å²) < 4.78 is 4.89. The van der Waals surface area contributed by atoms with Crippen LogP contribution in [0.2, 0.25) is 0 Å². The largest absolute Gasteiger partial charge is 0.447 e. The van der Waals surface area contributed by atoms with Crippen molar-refractivity contribution in [1.82, 2.24) is 5.32 Å². The van der Waals surface area contributed by atoms with Gasteiger partial charge in [0.2, 0.25) is 0 Å². The van der Waals surface area contributed by atoms with Crippen molar-refractivity contribution in [2.75, 3.05) is 24.6 Å². The molecule has 0 aromatic heterocycles. The molecule has 0 radical (unpaired) electrons. The number of nitrogens with one attached hydrogen (secondary N) is 1. The van der Waals surface area contributed by atoms with Crippen LogP contribution < -0.4 is 10.2 Å². The first kappa shape index (κ1) is 15.4. The van der Waals surface area contributed by atoms with Gasteiger partial charge in [0.05, 0.1) is 6.54 Å². The van der Waals surface area contributed by atoms with Gasteiger partial charge in [0.15, 0.2) is 0 Å². The van der Waals surface area contributed by atoms with E-state index in [0.717, 1.165) is 18.5 Å². The molecule has 1 aliphatic rings. The minimum absolute atomic E-state index is 0.0675. The molecule has 0 spiro atoms. The van der Waals surface area contributed by atoms with E-state index >= 15 is 0 Å². The Morgan fingerprint density at radius 1 is 1.24 bits per heavy atom. The van der Waals surface area contributed by atoms with Crippen LogP contribution in [-0.2, 0) is 4.74 Å². The van der Waals surface area contributed by atoms with E-state index in [2.05, 4.69) is 12.2 Å². The van der Waals surface area contributed by atoms with Crippen LogP contribution in [0.1, 0.15) is 43.0 Å². The van der Waals surface area contributed by atoms with Crippen molar-refractivity contribution in [3.63, 3.8) is 0 Å². The number of nitrogens with zero attached hydrogens (tertiary/aromatic N) is 1. The first-order chi connectivity index (χ1) is 10.2. The topological polar surface area (TPSA) is 58.6 Å². The van der Waals surface area contributed by atoms with Gasteiger partial charge in [-0.3, -0.25) is 9.69 Å². The summed E-state index contributed by atoms with van der Waals surface area (Å²) in [5.74, 6) is -0.0675. The summed E-state index contributed by atoms with van der Waals surface area (Å²) in [4.78, 5) is 25.0. The lowest BCUT2D eigenvalue weighted by Gasteiger charge is -2.13. The maximum Gasteiger partial charge on any atom is 0.414 e. The summed E-state index contributed by atoms with van der Waals surface area (Å²) >= 11 is 0. The number of amides is 2. The zero-order chi connectivity index (χ0) is 15.1. The molecule has 0 saturated carbocycles. The van der Waals surface area contributed by atoms with Gasteiger partial charge in [0, 0.05) is 17.8 Å². The number of benzene rings is 1. The van der Waals surface area contributed by atoms with Gasteiger partial charge in [0.1, 0.15) is 6.61 Å². The summed E-state index contributed by atoms with van der Waals surface area (Å²) in [6.07, 6.45) is 4.22. The number of cyclic esters (lactones) is 1. The van der Waals surface area contributed by atoms with E-state index in [9.17, 15) is 9.59 Å². The second-order valence-electron chi connectivity index (χ2n) is 5.13. The Kier molecular flexibility index (Phi) is 5.60. The van der Waals surface area contributed by atoms with Crippen LogP contribution in [0.25, 0.3) is 0 Å². The zero-order valence-corrected chi connectivity index (χ0v) is 12.4. The molecule has 0 atom stereocenters. The van der Waals surface area contributed by atoms with Crippen LogP contribution in [-0.4, -0.2) is 31.7 Å². The molecule has 114 valence electrons. The lowest BCUT2D eigenvalue weighted by Crippen LogP contribution is -2.25. The summed E-state index contributed by atoms with van der Waals surface area (Å²) in [5, 5.41) is 2.91. The molecule has 1 N–H and O–H groups in total. The number of hydrogen-bond acceptors (Lipinski definition) is 3. The Morgan fingerprint density at radius 2 is 2.00 bits per heavy atom. The Morgan fingerprint density at radius 3 is 2.62 bits per heavy atom. The van der Waals surface area contributed by atoms with Crippen molar-refractivity contribution >= 4 is 17.7 Å². The molecule has 0 unspecified atom stereocenters. The highest BCUT2D eigenvalue weighted by molar-refractivity contribution is 5.95. The number of anilines is 1. The molecule has 21 heavy (non-hydrogen) atoms. The van der Waals surface area contributed by atoms with Crippen LogP contribution in [0.3, 0.4) is 0 Å². The number of ether oxygens (including phenoxy) is 1. The van der Waals surface area contributed by atoms with Crippen LogP contribution >= 0.6 is 0 Å².